The summed E-state index contributed by atoms with van der Waals surface area (Å²) < 4.78 is 2.17. The van der Waals surface area contributed by atoms with E-state index < -0.39 is 10.8 Å². The van der Waals surface area contributed by atoms with E-state index in [2.05, 4.69) is 20.1 Å². The molecule has 0 radical (unpaired) electrons. The molecule has 9 nitrogen and oxygen atoms in total. The van der Waals surface area contributed by atoms with Crippen LogP contribution in [-0.2, 0) is 13.0 Å². The van der Waals surface area contributed by atoms with Gasteiger partial charge in [-0.1, -0.05) is 6.42 Å². The van der Waals surface area contributed by atoms with Gasteiger partial charge in [-0.05, 0) is 49.2 Å². The molecule has 3 aromatic rings. The van der Waals surface area contributed by atoms with Crippen LogP contribution in [0.3, 0.4) is 0 Å². The largest absolute Gasteiger partial charge is 0.372 e. The number of hydrogen-bond donors (Lipinski definition) is 1. The third kappa shape index (κ3) is 4.25. The van der Waals surface area contributed by atoms with Crippen LogP contribution in [0.25, 0.3) is 11.4 Å². The van der Waals surface area contributed by atoms with Gasteiger partial charge in [0.25, 0.3) is 11.6 Å². The van der Waals surface area contributed by atoms with Gasteiger partial charge in [-0.15, -0.1) is 10.2 Å². The zero-order valence-corrected chi connectivity index (χ0v) is 17.5. The van der Waals surface area contributed by atoms with Crippen molar-refractivity contribution in [1.29, 1.82) is 0 Å². The fourth-order valence-corrected chi connectivity index (χ4v) is 3.79. The molecule has 160 valence electrons. The number of aromatic nitrogens is 3. The van der Waals surface area contributed by atoms with E-state index >= 15 is 0 Å². The van der Waals surface area contributed by atoms with Crippen molar-refractivity contribution in [2.75, 3.05) is 24.3 Å². The summed E-state index contributed by atoms with van der Waals surface area (Å²) in [6.45, 7) is 0.915. The maximum absolute atomic E-state index is 12.6. The van der Waals surface area contributed by atoms with E-state index in [4.69, 9.17) is 0 Å². The van der Waals surface area contributed by atoms with Gasteiger partial charge in [-0.2, -0.15) is 0 Å². The lowest BCUT2D eigenvalue weighted by molar-refractivity contribution is -0.384. The average molecular weight is 420 g/mol. The number of nitrogens with one attached hydrogen (secondary N) is 1. The molecule has 31 heavy (non-hydrogen) atoms. The molecule has 0 spiro atoms. The Labute approximate surface area is 179 Å². The Morgan fingerprint density at radius 3 is 2.58 bits per heavy atom. The van der Waals surface area contributed by atoms with Crippen LogP contribution in [0, 0.1) is 10.1 Å². The second kappa shape index (κ2) is 8.55. The van der Waals surface area contributed by atoms with E-state index in [0.717, 1.165) is 43.0 Å². The Kier molecular flexibility index (Phi) is 5.66. The van der Waals surface area contributed by atoms with Crippen LogP contribution in [0.15, 0.2) is 42.5 Å². The first kappa shape index (κ1) is 20.5. The lowest BCUT2D eigenvalue weighted by Crippen LogP contribution is -2.15. The second-order valence-corrected chi connectivity index (χ2v) is 7.79. The highest BCUT2D eigenvalue weighted by Gasteiger charge is 2.19. The second-order valence-electron chi connectivity index (χ2n) is 7.79. The summed E-state index contributed by atoms with van der Waals surface area (Å²) in [5, 5.41) is 22.9. The van der Waals surface area contributed by atoms with Gasteiger partial charge in [0, 0.05) is 49.9 Å². The Morgan fingerprint density at radius 2 is 1.87 bits per heavy atom. The van der Waals surface area contributed by atoms with E-state index in [0.29, 0.717) is 11.4 Å². The van der Waals surface area contributed by atoms with Crippen LogP contribution in [-0.4, -0.2) is 39.7 Å². The van der Waals surface area contributed by atoms with Gasteiger partial charge >= 0.3 is 0 Å². The number of nitro benzene ring substituents is 1. The van der Waals surface area contributed by atoms with Gasteiger partial charge < -0.3 is 14.8 Å². The maximum Gasteiger partial charge on any atom is 0.293 e. The normalized spacial score (nSPS) is 13.2. The summed E-state index contributed by atoms with van der Waals surface area (Å²) in [4.78, 5) is 25.2. The van der Waals surface area contributed by atoms with Crippen LogP contribution < -0.4 is 10.2 Å². The molecule has 0 atom stereocenters. The molecular weight excluding hydrogens is 396 g/mol. The molecule has 0 unspecified atom stereocenters. The fraction of sp³-hybridized carbons (Fsp3) is 0.318. The van der Waals surface area contributed by atoms with E-state index in [9.17, 15) is 14.9 Å². The summed E-state index contributed by atoms with van der Waals surface area (Å²) in [6.07, 6.45) is 4.39. The molecule has 1 amide bonds. The SMILES string of the molecule is CN(C)c1ccc(C(=O)Nc2ccc(-c3nnc4n3CCCCC4)cc2)cc1[N+](=O)[O-]. The predicted molar refractivity (Wildman–Crippen MR) is 118 cm³/mol. The highest BCUT2D eigenvalue weighted by atomic mass is 16.6. The number of nitrogens with zero attached hydrogens (tertiary/aromatic N) is 5. The minimum atomic E-state index is -0.484. The topological polar surface area (TPSA) is 106 Å². The van der Waals surface area contributed by atoms with Crippen molar-refractivity contribution >= 4 is 23.0 Å². The minimum absolute atomic E-state index is 0.111. The number of carbonyl (C=O) groups excluding carboxylic acids is 1. The lowest BCUT2D eigenvalue weighted by atomic mass is 10.1. The number of carbonyl (C=O) groups is 1. The molecular formula is C22H24N6O3. The van der Waals surface area contributed by atoms with E-state index in [1.54, 1.807) is 43.3 Å². The van der Waals surface area contributed by atoms with Crippen molar-refractivity contribution in [2.45, 2.75) is 32.2 Å². The molecule has 0 aliphatic carbocycles. The quantitative estimate of drug-likeness (QED) is 0.496. The summed E-state index contributed by atoms with van der Waals surface area (Å²) >= 11 is 0. The standard InChI is InChI=1S/C22H24N6O3/c1-26(2)18-12-9-16(14-19(18)28(30)31)22(29)23-17-10-7-15(8-11-17)21-25-24-20-6-4-3-5-13-27(20)21/h7-12,14H,3-6,13H2,1-2H3,(H,23,29). The number of fused-ring (bicyclic) bond motifs is 1. The zero-order chi connectivity index (χ0) is 22.0. The van der Waals surface area contributed by atoms with Crippen molar-refractivity contribution < 1.29 is 9.72 Å². The number of aryl methyl sites for hydroxylation is 1. The molecule has 1 aromatic heterocycles. The number of nitro groups is 1. The minimum Gasteiger partial charge on any atom is -0.372 e. The number of anilines is 2. The van der Waals surface area contributed by atoms with E-state index in [1.807, 2.05) is 12.1 Å². The number of hydrogen-bond acceptors (Lipinski definition) is 6. The molecule has 1 aliphatic heterocycles. The van der Waals surface area contributed by atoms with Gasteiger partial charge in [-0.25, -0.2) is 0 Å². The third-order valence-corrected chi connectivity index (χ3v) is 5.43. The molecule has 0 saturated heterocycles. The summed E-state index contributed by atoms with van der Waals surface area (Å²) in [5.41, 5.74) is 2.09. The molecule has 2 aromatic carbocycles. The van der Waals surface area contributed by atoms with Gasteiger partial charge in [0.15, 0.2) is 5.82 Å². The van der Waals surface area contributed by atoms with Crippen LogP contribution in [0.2, 0.25) is 0 Å². The molecule has 1 aliphatic rings. The zero-order valence-electron chi connectivity index (χ0n) is 17.5. The molecule has 1 N–H and O–H groups in total. The van der Waals surface area contributed by atoms with Crippen LogP contribution >= 0.6 is 0 Å². The van der Waals surface area contributed by atoms with Crippen molar-refractivity contribution in [3.8, 4) is 11.4 Å². The van der Waals surface area contributed by atoms with Crippen LogP contribution in [0.4, 0.5) is 17.1 Å². The number of benzene rings is 2. The van der Waals surface area contributed by atoms with Crippen molar-refractivity contribution in [3.63, 3.8) is 0 Å². The summed E-state index contributed by atoms with van der Waals surface area (Å²) in [5.74, 6) is 1.45. The monoisotopic (exact) mass is 420 g/mol. The fourth-order valence-electron chi connectivity index (χ4n) is 3.79. The van der Waals surface area contributed by atoms with E-state index in [-0.39, 0.29) is 11.3 Å². The van der Waals surface area contributed by atoms with Crippen molar-refractivity contribution in [3.05, 3.63) is 64.0 Å². The molecule has 2 heterocycles. The molecule has 0 fully saturated rings. The van der Waals surface area contributed by atoms with Gasteiger partial charge in [0.2, 0.25) is 0 Å². The van der Waals surface area contributed by atoms with Crippen LogP contribution in [0.5, 0.6) is 0 Å². The van der Waals surface area contributed by atoms with Gasteiger partial charge in [0.1, 0.15) is 11.5 Å². The first-order valence-corrected chi connectivity index (χ1v) is 10.2. The highest BCUT2D eigenvalue weighted by molar-refractivity contribution is 6.05. The maximum atomic E-state index is 12.6. The Morgan fingerprint density at radius 1 is 1.10 bits per heavy atom. The Balaban J connectivity index is 1.52. The Bertz CT molecular complexity index is 1120. The molecule has 0 bridgehead atoms. The molecule has 0 saturated carbocycles. The summed E-state index contributed by atoms with van der Waals surface area (Å²) in [6, 6.07) is 11.8. The smallest absolute Gasteiger partial charge is 0.293 e. The molecule has 9 heteroatoms. The lowest BCUT2D eigenvalue weighted by Gasteiger charge is -2.13. The summed E-state index contributed by atoms with van der Waals surface area (Å²) in [7, 11) is 3.44. The predicted octanol–water partition coefficient (Wildman–Crippen LogP) is 3.90. The first-order chi connectivity index (χ1) is 14.9. The third-order valence-electron chi connectivity index (χ3n) is 5.43. The highest BCUT2D eigenvalue weighted by Crippen LogP contribution is 2.28. The number of rotatable bonds is 5. The van der Waals surface area contributed by atoms with Crippen LogP contribution in [0.1, 0.15) is 35.4 Å². The van der Waals surface area contributed by atoms with Gasteiger partial charge in [0.05, 0.1) is 4.92 Å². The van der Waals surface area contributed by atoms with E-state index in [1.165, 1.54) is 12.5 Å². The Hall–Kier alpha value is -3.75. The average Bonchev–Trinajstić information content (AvgIpc) is 3.01. The molecule has 4 rings (SSSR count). The van der Waals surface area contributed by atoms with Crippen molar-refractivity contribution in [1.82, 2.24) is 14.8 Å². The van der Waals surface area contributed by atoms with Crippen molar-refractivity contribution in [2.24, 2.45) is 0 Å². The van der Waals surface area contributed by atoms with Gasteiger partial charge in [-0.3, -0.25) is 14.9 Å². The first-order valence-electron chi connectivity index (χ1n) is 10.2. The number of amides is 1.